The summed E-state index contributed by atoms with van der Waals surface area (Å²) in [5.41, 5.74) is 1.04. The molecule has 17 heavy (non-hydrogen) atoms. The number of methoxy groups -OCH3 is 1. The van der Waals surface area contributed by atoms with Gasteiger partial charge in [-0.25, -0.2) is 9.78 Å². The average molecular weight is 232 g/mol. The predicted molar refractivity (Wildman–Crippen MR) is 66.7 cm³/mol. The number of terminal acetylenes is 1. The Bertz CT molecular complexity index is 424. The summed E-state index contributed by atoms with van der Waals surface area (Å²) in [6, 6.07) is 3.37. The largest absolute Gasteiger partial charge is 0.464 e. The van der Waals surface area contributed by atoms with Crippen LogP contribution in [0.4, 0.5) is 5.69 Å². The molecule has 0 aliphatic rings. The van der Waals surface area contributed by atoms with Crippen molar-refractivity contribution in [3.63, 3.8) is 0 Å². The summed E-state index contributed by atoms with van der Waals surface area (Å²) in [6.07, 6.45) is 8.84. The minimum absolute atomic E-state index is 0.0344. The first-order valence-corrected chi connectivity index (χ1v) is 5.48. The van der Waals surface area contributed by atoms with E-state index in [1.165, 1.54) is 7.11 Å². The number of hydrogen-bond acceptors (Lipinski definition) is 4. The summed E-state index contributed by atoms with van der Waals surface area (Å²) >= 11 is 0. The molecular weight excluding hydrogens is 216 g/mol. The third-order valence-electron chi connectivity index (χ3n) is 2.27. The van der Waals surface area contributed by atoms with Crippen LogP contribution in [0.3, 0.4) is 0 Å². The molecule has 1 heterocycles. The second-order valence-electron chi connectivity index (χ2n) is 3.57. The SMILES string of the molecule is C#CC(CCC)Nc1ccnc(C(=O)OC)c1. The third kappa shape index (κ3) is 3.80. The lowest BCUT2D eigenvalue weighted by molar-refractivity contribution is 0.0594. The number of esters is 1. The Morgan fingerprint density at radius 2 is 2.47 bits per heavy atom. The normalized spacial score (nSPS) is 11.4. The quantitative estimate of drug-likeness (QED) is 0.624. The highest BCUT2D eigenvalue weighted by molar-refractivity contribution is 5.88. The molecule has 0 aromatic carbocycles. The Labute approximate surface area is 101 Å². The smallest absolute Gasteiger partial charge is 0.356 e. The summed E-state index contributed by atoms with van der Waals surface area (Å²) in [5.74, 6) is 2.21. The zero-order valence-corrected chi connectivity index (χ0v) is 10.1. The van der Waals surface area contributed by atoms with Crippen LogP contribution in [0, 0.1) is 12.3 Å². The van der Waals surface area contributed by atoms with Crippen molar-refractivity contribution in [1.82, 2.24) is 4.98 Å². The van der Waals surface area contributed by atoms with Gasteiger partial charge in [0.1, 0.15) is 5.69 Å². The minimum atomic E-state index is -0.457. The molecule has 0 bridgehead atoms. The molecule has 0 saturated carbocycles. The molecule has 1 atom stereocenters. The van der Waals surface area contributed by atoms with E-state index in [1.807, 2.05) is 0 Å². The first-order valence-electron chi connectivity index (χ1n) is 5.48. The number of nitrogens with zero attached hydrogens (tertiary/aromatic N) is 1. The van der Waals surface area contributed by atoms with Crippen LogP contribution < -0.4 is 5.32 Å². The van der Waals surface area contributed by atoms with Gasteiger partial charge >= 0.3 is 5.97 Å². The molecule has 1 aromatic rings. The zero-order chi connectivity index (χ0) is 12.7. The fourth-order valence-corrected chi connectivity index (χ4v) is 1.42. The summed E-state index contributed by atoms with van der Waals surface area (Å²) in [4.78, 5) is 15.2. The number of rotatable bonds is 5. The highest BCUT2D eigenvalue weighted by Crippen LogP contribution is 2.12. The maximum atomic E-state index is 11.3. The molecule has 1 N–H and O–H groups in total. The van der Waals surface area contributed by atoms with E-state index in [-0.39, 0.29) is 11.7 Å². The van der Waals surface area contributed by atoms with Gasteiger partial charge in [0.05, 0.1) is 13.2 Å². The molecule has 4 nitrogen and oxygen atoms in total. The molecule has 1 aromatic heterocycles. The molecule has 0 aliphatic carbocycles. The molecule has 0 aliphatic heterocycles. The van der Waals surface area contributed by atoms with E-state index in [4.69, 9.17) is 6.42 Å². The number of pyridine rings is 1. The van der Waals surface area contributed by atoms with Crippen LogP contribution >= 0.6 is 0 Å². The Kier molecular flexibility index (Phi) is 5.02. The standard InChI is InChI=1S/C13H16N2O2/c1-4-6-10(5-2)15-11-7-8-14-12(9-11)13(16)17-3/h2,7-10H,4,6H2,1,3H3,(H,14,15). The lowest BCUT2D eigenvalue weighted by Gasteiger charge is -2.13. The Balaban J connectivity index is 2.78. The van der Waals surface area contributed by atoms with Gasteiger partial charge in [0.15, 0.2) is 0 Å². The monoisotopic (exact) mass is 232 g/mol. The topological polar surface area (TPSA) is 51.2 Å². The van der Waals surface area contributed by atoms with Crippen molar-refractivity contribution in [3.05, 3.63) is 24.0 Å². The van der Waals surface area contributed by atoms with Gasteiger partial charge in [-0.05, 0) is 18.6 Å². The van der Waals surface area contributed by atoms with Crippen LogP contribution in [0.15, 0.2) is 18.3 Å². The number of carbonyl (C=O) groups excluding carboxylic acids is 1. The number of nitrogens with one attached hydrogen (secondary N) is 1. The maximum Gasteiger partial charge on any atom is 0.356 e. The van der Waals surface area contributed by atoms with E-state index in [0.717, 1.165) is 18.5 Å². The lowest BCUT2D eigenvalue weighted by Crippen LogP contribution is -2.17. The molecule has 4 heteroatoms. The molecule has 0 spiro atoms. The first kappa shape index (κ1) is 13.0. The van der Waals surface area contributed by atoms with Crippen LogP contribution in [-0.2, 0) is 4.74 Å². The van der Waals surface area contributed by atoms with E-state index in [2.05, 4.69) is 27.9 Å². The highest BCUT2D eigenvalue weighted by Gasteiger charge is 2.09. The van der Waals surface area contributed by atoms with Gasteiger partial charge in [0, 0.05) is 11.9 Å². The molecule has 0 saturated heterocycles. The lowest BCUT2D eigenvalue weighted by atomic mass is 10.1. The number of ether oxygens (including phenoxy) is 1. The second-order valence-corrected chi connectivity index (χ2v) is 3.57. The summed E-state index contributed by atoms with van der Waals surface area (Å²) in [5, 5.41) is 3.17. The van der Waals surface area contributed by atoms with Crippen LogP contribution in [0.5, 0.6) is 0 Å². The van der Waals surface area contributed by atoms with E-state index in [9.17, 15) is 4.79 Å². The Morgan fingerprint density at radius 1 is 1.71 bits per heavy atom. The van der Waals surface area contributed by atoms with Gasteiger partial charge in [-0.15, -0.1) is 6.42 Å². The van der Waals surface area contributed by atoms with Crippen molar-refractivity contribution < 1.29 is 9.53 Å². The van der Waals surface area contributed by atoms with Gasteiger partial charge < -0.3 is 10.1 Å². The molecule has 1 rings (SSSR count). The molecular formula is C13H16N2O2. The molecule has 90 valence electrons. The van der Waals surface area contributed by atoms with E-state index in [0.29, 0.717) is 0 Å². The van der Waals surface area contributed by atoms with E-state index in [1.54, 1.807) is 18.3 Å². The van der Waals surface area contributed by atoms with Gasteiger partial charge in [0.2, 0.25) is 0 Å². The van der Waals surface area contributed by atoms with Crippen LogP contribution in [0.1, 0.15) is 30.3 Å². The average Bonchev–Trinajstić information content (AvgIpc) is 2.37. The second kappa shape index (κ2) is 6.54. The van der Waals surface area contributed by atoms with Crippen molar-refractivity contribution in [2.45, 2.75) is 25.8 Å². The van der Waals surface area contributed by atoms with E-state index < -0.39 is 5.97 Å². The van der Waals surface area contributed by atoms with Crippen molar-refractivity contribution in [2.75, 3.05) is 12.4 Å². The van der Waals surface area contributed by atoms with E-state index >= 15 is 0 Å². The van der Waals surface area contributed by atoms with Gasteiger partial charge in [-0.1, -0.05) is 19.3 Å². The van der Waals surface area contributed by atoms with Crippen molar-refractivity contribution >= 4 is 11.7 Å². The number of carbonyl (C=O) groups is 1. The minimum Gasteiger partial charge on any atom is -0.464 e. The number of anilines is 1. The fourth-order valence-electron chi connectivity index (χ4n) is 1.42. The number of hydrogen-bond donors (Lipinski definition) is 1. The van der Waals surface area contributed by atoms with Crippen LogP contribution in [-0.4, -0.2) is 24.1 Å². The predicted octanol–water partition coefficient (Wildman–Crippen LogP) is 2.08. The van der Waals surface area contributed by atoms with Gasteiger partial charge in [-0.3, -0.25) is 0 Å². The molecule has 1 unspecified atom stereocenters. The van der Waals surface area contributed by atoms with Crippen molar-refractivity contribution in [2.24, 2.45) is 0 Å². The molecule has 0 radical (unpaired) electrons. The van der Waals surface area contributed by atoms with Crippen molar-refractivity contribution in [3.8, 4) is 12.3 Å². The Morgan fingerprint density at radius 3 is 3.06 bits per heavy atom. The maximum absolute atomic E-state index is 11.3. The molecule has 0 amide bonds. The van der Waals surface area contributed by atoms with Gasteiger partial charge in [0.25, 0.3) is 0 Å². The summed E-state index contributed by atoms with van der Waals surface area (Å²) in [6.45, 7) is 2.07. The van der Waals surface area contributed by atoms with Gasteiger partial charge in [-0.2, -0.15) is 0 Å². The van der Waals surface area contributed by atoms with Crippen molar-refractivity contribution in [1.29, 1.82) is 0 Å². The van der Waals surface area contributed by atoms with Crippen LogP contribution in [0.2, 0.25) is 0 Å². The summed E-state index contributed by atoms with van der Waals surface area (Å²) in [7, 11) is 1.32. The number of aromatic nitrogens is 1. The third-order valence-corrected chi connectivity index (χ3v) is 2.27. The fraction of sp³-hybridized carbons (Fsp3) is 0.385. The Hall–Kier alpha value is -2.02. The summed E-state index contributed by atoms with van der Waals surface area (Å²) < 4.78 is 4.60. The first-order chi connectivity index (χ1) is 8.21. The van der Waals surface area contributed by atoms with Crippen LogP contribution in [0.25, 0.3) is 0 Å². The molecule has 0 fully saturated rings. The zero-order valence-electron chi connectivity index (χ0n) is 10.1. The highest BCUT2D eigenvalue weighted by atomic mass is 16.5.